The first-order valence-corrected chi connectivity index (χ1v) is 12.0. The molecule has 0 aliphatic heterocycles. The summed E-state index contributed by atoms with van der Waals surface area (Å²) in [5.74, 6) is 1.13. The van der Waals surface area contributed by atoms with Crippen LogP contribution in [0.15, 0.2) is 48.5 Å². The van der Waals surface area contributed by atoms with Crippen molar-refractivity contribution in [1.29, 1.82) is 0 Å². The maximum atomic E-state index is 12.1. The second kappa shape index (κ2) is 9.76. The van der Waals surface area contributed by atoms with Crippen molar-refractivity contribution in [2.75, 3.05) is 0 Å². The number of hydrogen-bond donors (Lipinski definition) is 1. The molecule has 1 unspecified atom stereocenters. The van der Waals surface area contributed by atoms with E-state index in [4.69, 9.17) is 9.72 Å². The van der Waals surface area contributed by atoms with Gasteiger partial charge in [0.25, 0.3) is 0 Å². The van der Waals surface area contributed by atoms with Gasteiger partial charge >= 0.3 is 5.97 Å². The van der Waals surface area contributed by atoms with Gasteiger partial charge in [-0.15, -0.1) is 0 Å². The molecule has 1 N–H and O–H groups in total. The Morgan fingerprint density at radius 3 is 2.53 bits per heavy atom. The molecule has 1 aromatic heterocycles. The lowest BCUT2D eigenvalue weighted by molar-refractivity contribution is -0.157. The van der Waals surface area contributed by atoms with Crippen LogP contribution in [-0.4, -0.2) is 26.7 Å². The summed E-state index contributed by atoms with van der Waals surface area (Å²) >= 11 is 0. The summed E-state index contributed by atoms with van der Waals surface area (Å²) in [5.41, 5.74) is 2.60. The van der Waals surface area contributed by atoms with E-state index in [1.54, 1.807) is 0 Å². The standard InChI is InChI=1S/C27H34N2O3/c1-3-4-12-25-28-23-10-6-7-11-24(23)29(25)19-21-13-15-22(16-14-21)32-20(2)27(26(30)31)17-8-5-9-18-27/h6-7,10-11,13-16,20H,3-5,8-9,12,17-19H2,1-2H3,(H,30,31). The van der Waals surface area contributed by atoms with Crippen LogP contribution in [0.2, 0.25) is 0 Å². The number of carboxylic acid groups (broad SMARTS) is 1. The van der Waals surface area contributed by atoms with Gasteiger partial charge in [-0.3, -0.25) is 4.79 Å². The Balaban J connectivity index is 1.50. The zero-order valence-corrected chi connectivity index (χ0v) is 19.2. The number of aryl methyl sites for hydroxylation is 1. The number of rotatable bonds is 9. The van der Waals surface area contributed by atoms with Gasteiger partial charge in [0.15, 0.2) is 0 Å². The third-order valence-electron chi connectivity index (χ3n) is 7.01. The first-order chi connectivity index (χ1) is 15.5. The second-order valence-electron chi connectivity index (χ2n) is 9.13. The van der Waals surface area contributed by atoms with Gasteiger partial charge in [0.2, 0.25) is 0 Å². The summed E-state index contributed by atoms with van der Waals surface area (Å²) in [7, 11) is 0. The van der Waals surface area contributed by atoms with E-state index in [9.17, 15) is 9.90 Å². The molecule has 0 amide bonds. The number of imidazole rings is 1. The second-order valence-corrected chi connectivity index (χ2v) is 9.13. The molecule has 1 aliphatic carbocycles. The molecule has 1 fully saturated rings. The van der Waals surface area contributed by atoms with Crippen LogP contribution in [0.5, 0.6) is 5.75 Å². The van der Waals surface area contributed by atoms with E-state index < -0.39 is 11.4 Å². The summed E-state index contributed by atoms with van der Waals surface area (Å²) in [6.07, 6.45) is 7.29. The van der Waals surface area contributed by atoms with Gasteiger partial charge in [0.1, 0.15) is 23.1 Å². The van der Waals surface area contributed by atoms with Gasteiger partial charge in [-0.2, -0.15) is 0 Å². The van der Waals surface area contributed by atoms with E-state index in [-0.39, 0.29) is 6.10 Å². The fourth-order valence-corrected chi connectivity index (χ4v) is 4.98. The Morgan fingerprint density at radius 1 is 1.12 bits per heavy atom. The van der Waals surface area contributed by atoms with Crippen LogP contribution in [0.3, 0.4) is 0 Å². The monoisotopic (exact) mass is 434 g/mol. The van der Waals surface area contributed by atoms with Crippen molar-refractivity contribution in [2.24, 2.45) is 5.41 Å². The van der Waals surface area contributed by atoms with Crippen LogP contribution in [0.25, 0.3) is 11.0 Å². The molecule has 32 heavy (non-hydrogen) atoms. The zero-order chi connectivity index (χ0) is 22.6. The minimum Gasteiger partial charge on any atom is -0.490 e. The number of hydrogen-bond acceptors (Lipinski definition) is 3. The van der Waals surface area contributed by atoms with E-state index in [2.05, 4.69) is 41.8 Å². The first-order valence-electron chi connectivity index (χ1n) is 12.0. The highest BCUT2D eigenvalue weighted by Crippen LogP contribution is 2.41. The largest absolute Gasteiger partial charge is 0.490 e. The number of para-hydroxylation sites is 2. The van der Waals surface area contributed by atoms with Crippen LogP contribution in [0.1, 0.15) is 70.2 Å². The van der Waals surface area contributed by atoms with E-state index in [0.717, 1.165) is 67.7 Å². The Labute approximate surface area is 190 Å². The normalized spacial score (nSPS) is 16.7. The minimum absolute atomic E-state index is 0.357. The summed E-state index contributed by atoms with van der Waals surface area (Å²) in [6.45, 7) is 4.87. The lowest BCUT2D eigenvalue weighted by Gasteiger charge is -2.38. The van der Waals surface area contributed by atoms with E-state index in [0.29, 0.717) is 12.8 Å². The van der Waals surface area contributed by atoms with Crippen molar-refractivity contribution in [3.05, 3.63) is 59.9 Å². The summed E-state index contributed by atoms with van der Waals surface area (Å²) in [4.78, 5) is 16.9. The molecule has 0 bridgehead atoms. The molecule has 1 atom stereocenters. The Hall–Kier alpha value is -2.82. The summed E-state index contributed by atoms with van der Waals surface area (Å²) in [6, 6.07) is 16.4. The number of fused-ring (bicyclic) bond motifs is 1. The SMILES string of the molecule is CCCCc1nc2ccccc2n1Cc1ccc(OC(C)C2(C(=O)O)CCCCC2)cc1. The van der Waals surface area contributed by atoms with Crippen molar-refractivity contribution in [3.63, 3.8) is 0 Å². The van der Waals surface area contributed by atoms with Crippen LogP contribution >= 0.6 is 0 Å². The van der Waals surface area contributed by atoms with Crippen LogP contribution in [-0.2, 0) is 17.8 Å². The molecule has 0 spiro atoms. The lowest BCUT2D eigenvalue weighted by Crippen LogP contribution is -2.45. The average Bonchev–Trinajstić information content (AvgIpc) is 3.16. The van der Waals surface area contributed by atoms with Gasteiger partial charge in [0, 0.05) is 13.0 Å². The Bertz CT molecular complexity index is 1050. The highest BCUT2D eigenvalue weighted by molar-refractivity contribution is 5.76. The number of carboxylic acids is 1. The van der Waals surface area contributed by atoms with Crippen LogP contribution in [0, 0.1) is 5.41 Å². The van der Waals surface area contributed by atoms with Gasteiger partial charge in [-0.1, -0.05) is 56.9 Å². The highest BCUT2D eigenvalue weighted by atomic mass is 16.5. The number of ether oxygens (including phenoxy) is 1. The first kappa shape index (κ1) is 22.4. The third-order valence-corrected chi connectivity index (χ3v) is 7.01. The molecule has 3 aromatic rings. The minimum atomic E-state index is -0.777. The summed E-state index contributed by atoms with van der Waals surface area (Å²) < 4.78 is 8.47. The predicted molar refractivity (Wildman–Crippen MR) is 127 cm³/mol. The van der Waals surface area contributed by atoms with Crippen molar-refractivity contribution in [1.82, 2.24) is 9.55 Å². The third kappa shape index (κ3) is 4.52. The number of benzene rings is 2. The number of unbranched alkanes of at least 4 members (excludes halogenated alkanes) is 1. The van der Waals surface area contributed by atoms with E-state index in [1.807, 2.05) is 25.1 Å². The number of carbonyl (C=O) groups is 1. The van der Waals surface area contributed by atoms with E-state index in [1.165, 1.54) is 5.56 Å². The van der Waals surface area contributed by atoms with Crippen molar-refractivity contribution in [3.8, 4) is 5.75 Å². The summed E-state index contributed by atoms with van der Waals surface area (Å²) in [5, 5.41) is 9.91. The molecular formula is C27H34N2O3. The van der Waals surface area contributed by atoms with E-state index >= 15 is 0 Å². The molecule has 5 nitrogen and oxygen atoms in total. The number of nitrogens with zero attached hydrogens (tertiary/aromatic N) is 2. The molecule has 5 heteroatoms. The molecule has 2 aromatic carbocycles. The molecule has 1 saturated carbocycles. The van der Waals surface area contributed by atoms with Gasteiger partial charge < -0.3 is 14.4 Å². The number of aromatic nitrogens is 2. The number of aliphatic carboxylic acids is 1. The van der Waals surface area contributed by atoms with Gasteiger partial charge in [-0.05, 0) is 56.0 Å². The van der Waals surface area contributed by atoms with Crippen molar-refractivity contribution >= 4 is 17.0 Å². The predicted octanol–water partition coefficient (Wildman–Crippen LogP) is 6.23. The van der Waals surface area contributed by atoms with Gasteiger partial charge in [0.05, 0.1) is 11.0 Å². The van der Waals surface area contributed by atoms with Gasteiger partial charge in [-0.25, -0.2) is 4.98 Å². The fraction of sp³-hybridized carbons (Fsp3) is 0.481. The van der Waals surface area contributed by atoms with Crippen molar-refractivity contribution in [2.45, 2.75) is 77.9 Å². The lowest BCUT2D eigenvalue weighted by atomic mass is 9.70. The maximum absolute atomic E-state index is 12.1. The molecule has 1 heterocycles. The van der Waals surface area contributed by atoms with Crippen LogP contribution < -0.4 is 4.74 Å². The fourth-order valence-electron chi connectivity index (χ4n) is 4.98. The van der Waals surface area contributed by atoms with Crippen LogP contribution in [0.4, 0.5) is 0 Å². The maximum Gasteiger partial charge on any atom is 0.313 e. The average molecular weight is 435 g/mol. The Morgan fingerprint density at radius 2 is 1.84 bits per heavy atom. The molecule has 0 radical (unpaired) electrons. The smallest absolute Gasteiger partial charge is 0.313 e. The quantitative estimate of drug-likeness (QED) is 0.434. The Kier molecular flexibility index (Phi) is 6.83. The van der Waals surface area contributed by atoms with Crippen molar-refractivity contribution < 1.29 is 14.6 Å². The molecule has 1 aliphatic rings. The molecule has 0 saturated heterocycles. The highest BCUT2D eigenvalue weighted by Gasteiger charge is 2.46. The molecule has 4 rings (SSSR count). The topological polar surface area (TPSA) is 64.4 Å². The zero-order valence-electron chi connectivity index (χ0n) is 19.2. The molecular weight excluding hydrogens is 400 g/mol. The molecule has 170 valence electrons.